The average Bonchev–Trinajstić information content (AvgIpc) is 1.69. The van der Waals surface area contributed by atoms with Gasteiger partial charge in [-0.3, -0.25) is 0 Å². The van der Waals surface area contributed by atoms with Gasteiger partial charge in [0.15, 0.2) is 0 Å². The van der Waals surface area contributed by atoms with Gasteiger partial charge in [0.1, 0.15) is 0 Å². The zero-order valence-electron chi connectivity index (χ0n) is 53.7. The topological polar surface area (TPSA) is 9.72 Å². The molecule has 434 valence electrons. The molecule has 5 heteroatoms. The Morgan fingerprint density at radius 3 is 1.29 bits per heavy atom. The van der Waals surface area contributed by atoms with E-state index < -0.39 is 0 Å². The molecule has 13 rings (SSSR count). The third kappa shape index (κ3) is 10.6. The first-order valence-corrected chi connectivity index (χ1v) is 32.1. The van der Waals surface area contributed by atoms with E-state index in [2.05, 4.69) is 343 Å². The van der Waals surface area contributed by atoms with Gasteiger partial charge in [-0.2, -0.15) is 0 Å². The fourth-order valence-electron chi connectivity index (χ4n) is 13.1. The van der Waals surface area contributed by atoms with Gasteiger partial charge in [-0.05, 0) is 184 Å². The predicted molar refractivity (Wildman–Crippen MR) is 380 cm³/mol. The number of nitrogens with zero attached hydrogens (tertiary/aromatic N) is 3. The smallest absolute Gasteiger partial charge is 0.264 e. The quantitative estimate of drug-likeness (QED) is 0.140. The molecule has 0 spiro atoms. The lowest BCUT2D eigenvalue weighted by molar-refractivity contribution is 0.590. The molecule has 3 heterocycles. The fourth-order valence-corrected chi connectivity index (χ4v) is 14.4. The minimum atomic E-state index is -0.0912. The number of hydrogen-bond donors (Lipinski definition) is 0. The van der Waals surface area contributed by atoms with Crippen molar-refractivity contribution in [3.63, 3.8) is 0 Å². The van der Waals surface area contributed by atoms with E-state index in [1.165, 1.54) is 110 Å². The average molecular weight is 1150 g/mol. The van der Waals surface area contributed by atoms with Gasteiger partial charge in [0.05, 0.1) is 5.69 Å². The Hall–Kier alpha value is -8.38. The molecule has 0 saturated carbocycles. The molecule has 0 saturated heterocycles. The molecule has 2 aliphatic heterocycles. The monoisotopic (exact) mass is 1150 g/mol. The number of fused-ring (bicyclic) bond motifs is 6. The molecule has 0 fully saturated rings. The Kier molecular flexibility index (Phi) is 14.1. The summed E-state index contributed by atoms with van der Waals surface area (Å²) in [4.78, 5) is 7.70. The molecular weight excluding hydrogens is 1070 g/mol. The van der Waals surface area contributed by atoms with Crippen LogP contribution in [0.3, 0.4) is 0 Å². The number of hydrogen-bond acceptors (Lipinski definition) is 4. The minimum Gasteiger partial charge on any atom is -0.311 e. The highest BCUT2D eigenvalue weighted by molar-refractivity contribution is 7.33. The molecule has 0 amide bonds. The van der Waals surface area contributed by atoms with Gasteiger partial charge in [-0.25, -0.2) is 0 Å². The Morgan fingerprint density at radius 1 is 0.333 bits per heavy atom. The Balaban J connectivity index is 1.11. The van der Waals surface area contributed by atoms with Crippen molar-refractivity contribution in [2.24, 2.45) is 0 Å². The molecule has 11 aromatic rings. The first kappa shape index (κ1) is 57.7. The normalized spacial score (nSPS) is 13.4. The van der Waals surface area contributed by atoms with E-state index in [1.807, 2.05) is 11.3 Å². The van der Waals surface area contributed by atoms with Gasteiger partial charge in [0, 0.05) is 60.4 Å². The van der Waals surface area contributed by atoms with Crippen LogP contribution < -0.4 is 30.4 Å². The summed E-state index contributed by atoms with van der Waals surface area (Å²) in [5.74, 6) is 0. The molecule has 10 aromatic carbocycles. The van der Waals surface area contributed by atoms with E-state index in [-0.39, 0.29) is 33.8 Å². The van der Waals surface area contributed by atoms with Crippen LogP contribution in [-0.4, -0.2) is 6.71 Å². The molecule has 3 nitrogen and oxygen atoms in total. The van der Waals surface area contributed by atoms with Crippen LogP contribution >= 0.6 is 11.3 Å². The van der Waals surface area contributed by atoms with Gasteiger partial charge in [0.25, 0.3) is 6.71 Å². The van der Waals surface area contributed by atoms with E-state index in [0.29, 0.717) is 0 Å². The third-order valence-corrected chi connectivity index (χ3v) is 19.5. The van der Waals surface area contributed by atoms with Gasteiger partial charge in [-0.15, -0.1) is 11.3 Å². The van der Waals surface area contributed by atoms with Crippen LogP contribution in [0.1, 0.15) is 132 Å². The van der Waals surface area contributed by atoms with Crippen molar-refractivity contribution in [2.75, 3.05) is 14.7 Å². The van der Waals surface area contributed by atoms with E-state index >= 15 is 0 Å². The third-order valence-electron chi connectivity index (χ3n) is 18.3. The number of rotatable bonds is 8. The van der Waals surface area contributed by atoms with Crippen LogP contribution in [0.4, 0.5) is 51.2 Å². The zero-order chi connectivity index (χ0) is 61.1. The molecule has 1 aromatic heterocycles. The van der Waals surface area contributed by atoms with Crippen molar-refractivity contribution in [1.82, 2.24) is 0 Å². The van der Waals surface area contributed by atoms with Crippen molar-refractivity contribution in [1.29, 1.82) is 0 Å². The Morgan fingerprint density at radius 2 is 0.782 bits per heavy atom. The van der Waals surface area contributed by atoms with Crippen LogP contribution in [0, 0.1) is 0 Å². The first-order chi connectivity index (χ1) is 41.3. The van der Waals surface area contributed by atoms with E-state index in [1.54, 1.807) is 0 Å². The maximum absolute atomic E-state index is 2.64. The number of anilines is 9. The van der Waals surface area contributed by atoms with Crippen molar-refractivity contribution in [3.05, 3.63) is 252 Å². The summed E-state index contributed by atoms with van der Waals surface area (Å²) in [5, 5.41) is 1.26. The van der Waals surface area contributed by atoms with Crippen LogP contribution in [0.2, 0.25) is 0 Å². The van der Waals surface area contributed by atoms with Gasteiger partial charge in [-0.1, -0.05) is 243 Å². The largest absolute Gasteiger partial charge is 0.311 e. The molecule has 0 N–H and O–H groups in total. The minimum absolute atomic E-state index is 0.0114. The highest BCUT2D eigenvalue weighted by atomic mass is 32.1. The van der Waals surface area contributed by atoms with Crippen LogP contribution in [0.15, 0.2) is 224 Å². The molecule has 0 radical (unpaired) electrons. The summed E-state index contributed by atoms with van der Waals surface area (Å²) < 4.78 is 2.62. The summed E-state index contributed by atoms with van der Waals surface area (Å²) in [6, 6.07) is 86.2. The van der Waals surface area contributed by atoms with Crippen molar-refractivity contribution < 1.29 is 0 Å². The fraction of sp³-hybridized carbons (Fsp3) is 0.244. The summed E-state index contributed by atoms with van der Waals surface area (Å²) >= 11 is 1.96. The summed E-state index contributed by atoms with van der Waals surface area (Å²) in [5.41, 5.74) is 26.8. The van der Waals surface area contributed by atoms with Crippen LogP contribution in [0.25, 0.3) is 43.5 Å². The highest BCUT2D eigenvalue weighted by Crippen LogP contribution is 2.52. The second-order valence-corrected chi connectivity index (χ2v) is 30.7. The highest BCUT2D eigenvalue weighted by Gasteiger charge is 2.46. The van der Waals surface area contributed by atoms with Gasteiger partial charge in [0.2, 0.25) is 0 Å². The molecule has 0 aliphatic carbocycles. The van der Waals surface area contributed by atoms with Crippen molar-refractivity contribution in [2.45, 2.75) is 131 Å². The summed E-state index contributed by atoms with van der Waals surface area (Å²) in [6.45, 7) is 34.5. The summed E-state index contributed by atoms with van der Waals surface area (Å²) in [7, 11) is 0. The molecule has 87 heavy (non-hydrogen) atoms. The molecule has 2 aliphatic rings. The maximum atomic E-state index is 2.64. The lowest BCUT2D eigenvalue weighted by Gasteiger charge is -2.44. The number of benzene rings is 10. The van der Waals surface area contributed by atoms with E-state index in [9.17, 15) is 0 Å². The SMILES string of the molecule is CC(C)(C)c1ccc(N(c2ccc(C(C)(C)C)cc2)c2ccc3c(c2)N(c2ccc(C(C)(C)C)cc2)c2cc(-c4ccccc4)cc4c2B3c2sc3ccc(-c5ccc(C(C)(C)C)cc5-c5ccccc5)cc3c2N4c2ccc(C(C)(C)C)cc2)cc1. The molecular formula is C82H82BN3S. The Labute approximate surface area is 523 Å². The maximum Gasteiger partial charge on any atom is 0.264 e. The van der Waals surface area contributed by atoms with Gasteiger partial charge < -0.3 is 14.7 Å². The summed E-state index contributed by atoms with van der Waals surface area (Å²) in [6.07, 6.45) is 0. The zero-order valence-corrected chi connectivity index (χ0v) is 54.5. The first-order valence-electron chi connectivity index (χ1n) is 31.3. The number of thiophene rings is 1. The van der Waals surface area contributed by atoms with E-state index in [4.69, 9.17) is 0 Å². The second kappa shape index (κ2) is 21.2. The lowest BCUT2D eigenvalue weighted by Crippen LogP contribution is -2.60. The van der Waals surface area contributed by atoms with E-state index in [0.717, 1.165) is 28.4 Å². The van der Waals surface area contributed by atoms with Crippen molar-refractivity contribution >= 4 is 95.0 Å². The van der Waals surface area contributed by atoms with Gasteiger partial charge >= 0.3 is 0 Å². The van der Waals surface area contributed by atoms with Crippen LogP contribution in [-0.2, 0) is 27.1 Å². The Bertz CT molecular complexity index is 4310. The second-order valence-electron chi connectivity index (χ2n) is 29.6. The van der Waals surface area contributed by atoms with Crippen LogP contribution in [0.5, 0.6) is 0 Å². The lowest BCUT2D eigenvalue weighted by atomic mass is 9.36. The molecule has 0 atom stereocenters. The standard InChI is InChI=1S/C82H82BN3S/c1-78(2,3)57-27-36-62(37-28-57)84(63-38-29-58(30-39-63)79(4,5)6)66-44-46-70-71(52-66)85(64-40-31-59(32-41-64)80(7,8)9)72-49-56(53-22-18-16-19-23-53)50-73-75(72)83(70)77-76(86(73)65-42-33-60(34-43-65)81(10,11)12)69-48-55(26-47-74(69)87-77)67-45-35-61(82(13,14)15)51-68(67)54-24-20-17-21-25-54/h16-52H,1-15H3. The molecule has 0 unspecified atom stereocenters. The predicted octanol–water partition coefficient (Wildman–Crippen LogP) is 21.9. The molecule has 0 bridgehead atoms. The van der Waals surface area contributed by atoms with Crippen molar-refractivity contribution in [3.8, 4) is 33.4 Å².